The topological polar surface area (TPSA) is 35.5 Å². The van der Waals surface area contributed by atoms with Crippen molar-refractivity contribution in [2.45, 2.75) is 37.6 Å². The maximum absolute atomic E-state index is 12.9. The molecule has 0 radical (unpaired) electrons. The van der Waals surface area contributed by atoms with Gasteiger partial charge in [0, 0.05) is 4.43 Å². The van der Waals surface area contributed by atoms with Crippen molar-refractivity contribution in [2.24, 2.45) is 5.41 Å². The normalized spacial score (nSPS) is 39.9. The Morgan fingerprint density at radius 1 is 1.53 bits per heavy atom. The lowest BCUT2D eigenvalue weighted by atomic mass is 9.60. The maximum Gasteiger partial charge on any atom is 0.415 e. The molecule has 1 saturated carbocycles. The van der Waals surface area contributed by atoms with E-state index in [0.717, 1.165) is 0 Å². The van der Waals surface area contributed by atoms with Gasteiger partial charge in [-0.15, -0.1) is 0 Å². The van der Waals surface area contributed by atoms with E-state index >= 15 is 0 Å². The second-order valence-corrected chi connectivity index (χ2v) is 5.35. The summed E-state index contributed by atoms with van der Waals surface area (Å²) in [5.41, 5.74) is -2.28. The van der Waals surface area contributed by atoms with Crippen LogP contribution >= 0.6 is 22.6 Å². The molecule has 98 valence electrons. The zero-order valence-electron chi connectivity index (χ0n) is 9.14. The molecule has 17 heavy (non-hydrogen) atoms. The molecule has 2 saturated heterocycles. The van der Waals surface area contributed by atoms with Gasteiger partial charge in [0.05, 0.1) is 12.2 Å². The fraction of sp³-hybridized carbons (Fsp3) is 0.900. The fourth-order valence-electron chi connectivity index (χ4n) is 2.76. The summed E-state index contributed by atoms with van der Waals surface area (Å²) < 4.78 is 48.9. The van der Waals surface area contributed by atoms with E-state index in [1.807, 2.05) is 22.6 Å². The van der Waals surface area contributed by atoms with E-state index in [2.05, 4.69) is 0 Å². The zero-order valence-corrected chi connectivity index (χ0v) is 11.3. The summed E-state index contributed by atoms with van der Waals surface area (Å²) in [6, 6.07) is 0. The first-order valence-electron chi connectivity index (χ1n) is 5.27. The number of hydrogen-bond acceptors (Lipinski definition) is 3. The monoisotopic (exact) mass is 364 g/mol. The molecule has 2 aliphatic heterocycles. The predicted octanol–water partition coefficient (Wildman–Crippen LogP) is 2.46. The Balaban J connectivity index is 2.25. The van der Waals surface area contributed by atoms with E-state index in [-0.39, 0.29) is 19.4 Å². The molecule has 0 N–H and O–H groups in total. The molecular formula is C10H12F3IO3. The van der Waals surface area contributed by atoms with E-state index in [9.17, 15) is 18.0 Å². The molecule has 0 aromatic carbocycles. The van der Waals surface area contributed by atoms with Crippen LogP contribution in [0.3, 0.4) is 0 Å². The maximum atomic E-state index is 12.9. The molecule has 3 aliphatic rings. The number of ether oxygens (including phenoxy) is 2. The Bertz CT molecular complexity index is 336. The van der Waals surface area contributed by atoms with Crippen molar-refractivity contribution in [3.05, 3.63) is 0 Å². The highest BCUT2D eigenvalue weighted by Crippen LogP contribution is 2.65. The molecule has 3 fully saturated rings. The van der Waals surface area contributed by atoms with Gasteiger partial charge in [-0.2, -0.15) is 13.2 Å². The molecule has 7 heteroatoms. The number of alkyl halides is 4. The highest BCUT2D eigenvalue weighted by Gasteiger charge is 2.77. The van der Waals surface area contributed by atoms with Crippen LogP contribution in [-0.2, 0) is 14.3 Å². The highest BCUT2D eigenvalue weighted by atomic mass is 127. The second kappa shape index (κ2) is 3.97. The largest absolute Gasteiger partial charge is 0.465 e. The molecule has 3 rings (SSSR count). The van der Waals surface area contributed by atoms with Gasteiger partial charge in [-0.25, -0.2) is 0 Å². The van der Waals surface area contributed by atoms with Gasteiger partial charge in [-0.05, 0) is 19.8 Å². The van der Waals surface area contributed by atoms with Crippen molar-refractivity contribution in [1.29, 1.82) is 0 Å². The summed E-state index contributed by atoms with van der Waals surface area (Å²) >= 11 is 1.99. The Labute approximate surface area is 110 Å². The number of rotatable bonds is 3. The zero-order chi connectivity index (χ0) is 12.9. The van der Waals surface area contributed by atoms with Crippen molar-refractivity contribution in [1.82, 2.24) is 0 Å². The Kier molecular flexibility index (Phi) is 3.13. The average Bonchev–Trinajstić information content (AvgIpc) is 2.67. The van der Waals surface area contributed by atoms with Crippen LogP contribution in [-0.4, -0.2) is 34.9 Å². The Morgan fingerprint density at radius 3 is 2.53 bits per heavy atom. The third kappa shape index (κ3) is 1.85. The number of esters is 1. The smallest absolute Gasteiger partial charge is 0.415 e. The lowest BCUT2D eigenvalue weighted by Crippen LogP contribution is -2.54. The molecule has 1 atom stereocenters. The lowest BCUT2D eigenvalue weighted by Gasteiger charge is -2.42. The van der Waals surface area contributed by atoms with E-state index in [1.165, 1.54) is 0 Å². The molecule has 0 spiro atoms. The van der Waals surface area contributed by atoms with Crippen LogP contribution in [0, 0.1) is 5.41 Å². The van der Waals surface area contributed by atoms with Crippen LogP contribution in [0.2, 0.25) is 0 Å². The summed E-state index contributed by atoms with van der Waals surface area (Å²) in [5, 5.41) is 0. The van der Waals surface area contributed by atoms with Crippen molar-refractivity contribution >= 4 is 28.6 Å². The van der Waals surface area contributed by atoms with Crippen molar-refractivity contribution < 1.29 is 27.4 Å². The molecule has 2 heterocycles. The molecule has 3 nitrogen and oxygen atoms in total. The van der Waals surface area contributed by atoms with Gasteiger partial charge in [0.15, 0.2) is 6.10 Å². The van der Waals surface area contributed by atoms with E-state index in [4.69, 9.17) is 9.47 Å². The van der Waals surface area contributed by atoms with Gasteiger partial charge in [0.25, 0.3) is 0 Å². The summed E-state index contributed by atoms with van der Waals surface area (Å²) in [5.74, 6) is -0.777. The van der Waals surface area contributed by atoms with Crippen LogP contribution in [0.5, 0.6) is 0 Å². The van der Waals surface area contributed by atoms with E-state index in [1.54, 1.807) is 6.92 Å². The van der Waals surface area contributed by atoms with Gasteiger partial charge >= 0.3 is 12.1 Å². The predicted molar refractivity (Wildman–Crippen MR) is 60.8 cm³/mol. The minimum Gasteiger partial charge on any atom is -0.465 e. The quantitative estimate of drug-likeness (QED) is 0.439. The Morgan fingerprint density at radius 2 is 2.12 bits per heavy atom. The Hall–Kier alpha value is -0.0500. The summed E-state index contributed by atoms with van der Waals surface area (Å²) in [6.45, 7) is 1.67. The lowest BCUT2D eigenvalue weighted by molar-refractivity contribution is -0.226. The standard InChI is InChI=1S/C10H12F3IO3/c1-2-16-7(15)9-3-8(4-9,5-14)17-6(9)10(11,12)13/h6H,2-5H2,1H3. The van der Waals surface area contributed by atoms with E-state index in [0.29, 0.717) is 4.43 Å². The third-order valence-corrected chi connectivity index (χ3v) is 4.76. The molecular weight excluding hydrogens is 352 g/mol. The summed E-state index contributed by atoms with van der Waals surface area (Å²) in [4.78, 5) is 11.7. The van der Waals surface area contributed by atoms with E-state index < -0.39 is 29.3 Å². The van der Waals surface area contributed by atoms with Gasteiger partial charge in [-0.3, -0.25) is 4.79 Å². The first kappa shape index (κ1) is 13.4. The van der Waals surface area contributed by atoms with Gasteiger partial charge in [0.1, 0.15) is 5.41 Å². The van der Waals surface area contributed by atoms with Gasteiger partial charge in [0.2, 0.25) is 0 Å². The highest BCUT2D eigenvalue weighted by molar-refractivity contribution is 14.1. The van der Waals surface area contributed by atoms with Gasteiger partial charge in [-0.1, -0.05) is 22.6 Å². The molecule has 1 aliphatic carbocycles. The van der Waals surface area contributed by atoms with Crippen LogP contribution < -0.4 is 0 Å². The number of carbonyl (C=O) groups is 1. The number of fused-ring (bicyclic) bond motifs is 1. The first-order chi connectivity index (χ1) is 7.80. The average molecular weight is 364 g/mol. The van der Waals surface area contributed by atoms with Crippen molar-refractivity contribution in [3.8, 4) is 0 Å². The summed E-state index contributed by atoms with van der Waals surface area (Å²) in [7, 11) is 0. The van der Waals surface area contributed by atoms with Crippen molar-refractivity contribution in [3.63, 3.8) is 0 Å². The minimum absolute atomic E-state index is 0.0857. The van der Waals surface area contributed by atoms with Gasteiger partial charge < -0.3 is 9.47 Å². The summed E-state index contributed by atoms with van der Waals surface area (Å²) in [6.07, 6.45) is -6.29. The van der Waals surface area contributed by atoms with Crippen LogP contribution in [0.1, 0.15) is 19.8 Å². The number of carbonyl (C=O) groups excluding carboxylic acids is 1. The molecule has 1 unspecified atom stereocenters. The SMILES string of the molecule is CCOC(=O)C12CC(CI)(C1)OC2C(F)(F)F. The first-order valence-corrected chi connectivity index (χ1v) is 6.80. The van der Waals surface area contributed by atoms with Crippen LogP contribution in [0.25, 0.3) is 0 Å². The van der Waals surface area contributed by atoms with Crippen molar-refractivity contribution in [2.75, 3.05) is 11.0 Å². The fourth-order valence-corrected chi connectivity index (χ4v) is 3.48. The third-order valence-electron chi connectivity index (χ3n) is 3.37. The molecule has 0 aromatic rings. The minimum atomic E-state index is -4.52. The molecule has 2 bridgehead atoms. The molecule has 0 amide bonds. The van der Waals surface area contributed by atoms with Crippen LogP contribution in [0.4, 0.5) is 13.2 Å². The molecule has 0 aromatic heterocycles. The number of halogens is 4. The number of hydrogen-bond donors (Lipinski definition) is 0. The van der Waals surface area contributed by atoms with Crippen LogP contribution in [0.15, 0.2) is 0 Å². The second-order valence-electron chi connectivity index (χ2n) is 4.59.